The van der Waals surface area contributed by atoms with Crippen LogP contribution in [0.2, 0.25) is 0 Å². The van der Waals surface area contributed by atoms with Gasteiger partial charge in [-0.3, -0.25) is 10.2 Å². The molecule has 4 aromatic heterocycles. The van der Waals surface area contributed by atoms with Crippen molar-refractivity contribution in [3.8, 4) is 22.4 Å². The van der Waals surface area contributed by atoms with E-state index >= 15 is 0 Å². The first kappa shape index (κ1) is 13.2. The molecule has 0 aromatic carbocycles. The monoisotopic (exact) mass is 332 g/mol. The van der Waals surface area contributed by atoms with E-state index in [0.29, 0.717) is 28.4 Å². The molecular weight excluding hydrogens is 324 g/mol. The topological polar surface area (TPSA) is 122 Å². The molecule has 0 saturated carbocycles. The number of hydrogen-bond donors (Lipinski definition) is 2. The lowest BCUT2D eigenvalue weighted by Gasteiger charge is -1.89. The lowest BCUT2D eigenvalue weighted by Crippen LogP contribution is -1.85. The first-order chi connectivity index (χ1) is 10.9. The van der Waals surface area contributed by atoms with Crippen LogP contribution in [0.15, 0.2) is 33.5 Å². The summed E-state index contributed by atoms with van der Waals surface area (Å²) < 4.78 is 5.16. The molecule has 4 aromatic rings. The second-order valence-corrected chi connectivity index (χ2v) is 5.97. The van der Waals surface area contributed by atoms with E-state index in [1.54, 1.807) is 11.3 Å². The molecule has 11 heteroatoms. The van der Waals surface area contributed by atoms with Crippen LogP contribution in [-0.2, 0) is 5.75 Å². The van der Waals surface area contributed by atoms with Crippen molar-refractivity contribution >= 4 is 23.1 Å². The summed E-state index contributed by atoms with van der Waals surface area (Å²) in [4.78, 5) is 13.7. The summed E-state index contributed by atoms with van der Waals surface area (Å²) in [6.45, 7) is 0. The third kappa shape index (κ3) is 2.63. The van der Waals surface area contributed by atoms with E-state index in [2.05, 4.69) is 40.5 Å². The van der Waals surface area contributed by atoms with Gasteiger partial charge in [-0.1, -0.05) is 23.0 Å². The van der Waals surface area contributed by atoms with E-state index in [0.717, 1.165) is 10.7 Å². The fourth-order valence-electron chi connectivity index (χ4n) is 1.68. The minimum Gasteiger partial charge on any atom is -0.338 e. The van der Waals surface area contributed by atoms with E-state index in [4.69, 9.17) is 4.52 Å². The summed E-state index contributed by atoms with van der Waals surface area (Å²) in [7, 11) is 0. The molecule has 0 aliphatic heterocycles. The normalized spacial score (nSPS) is 11.1. The third-order valence-corrected chi connectivity index (χ3v) is 4.35. The Morgan fingerprint density at radius 3 is 3.05 bits per heavy atom. The summed E-state index contributed by atoms with van der Waals surface area (Å²) in [6, 6.07) is 3.96. The van der Waals surface area contributed by atoms with E-state index in [-0.39, 0.29) is 0 Å². The second kappa shape index (κ2) is 5.69. The molecule has 0 fully saturated rings. The highest BCUT2D eigenvalue weighted by molar-refractivity contribution is 7.98. The minimum absolute atomic E-state index is 0.377. The molecule has 4 heterocycles. The zero-order chi connectivity index (χ0) is 14.8. The van der Waals surface area contributed by atoms with Crippen molar-refractivity contribution in [3.05, 3.63) is 29.7 Å². The SMILES string of the molecule is c1csc(-c2nc(SCc3nc(-c4ncn[nH]4)no3)n[nH]2)c1. The Labute approximate surface area is 131 Å². The van der Waals surface area contributed by atoms with Crippen molar-refractivity contribution in [3.63, 3.8) is 0 Å². The van der Waals surface area contributed by atoms with E-state index in [9.17, 15) is 0 Å². The standard InChI is InChI=1S/C11H8N8OS2/c1-2-6(21-3-1)8-15-11(18-17-8)22-4-7-14-10(19-20-7)9-12-5-13-16-9/h1-3,5H,4H2,(H,12,13,16)(H,15,17,18). The fourth-order valence-corrected chi connectivity index (χ4v) is 2.98. The summed E-state index contributed by atoms with van der Waals surface area (Å²) in [5, 5.41) is 19.9. The average Bonchev–Trinajstić information content (AvgIpc) is 3.33. The highest BCUT2D eigenvalue weighted by Crippen LogP contribution is 2.24. The van der Waals surface area contributed by atoms with Crippen LogP contribution < -0.4 is 0 Å². The lowest BCUT2D eigenvalue weighted by molar-refractivity contribution is 0.391. The third-order valence-electron chi connectivity index (χ3n) is 2.64. The summed E-state index contributed by atoms with van der Waals surface area (Å²) in [5.41, 5.74) is 0. The molecule has 0 radical (unpaired) electrons. The van der Waals surface area contributed by atoms with Crippen molar-refractivity contribution in [2.45, 2.75) is 10.9 Å². The number of thioether (sulfide) groups is 1. The lowest BCUT2D eigenvalue weighted by atomic mass is 10.4. The molecule has 0 aliphatic carbocycles. The maximum Gasteiger partial charge on any atom is 0.239 e. The highest BCUT2D eigenvalue weighted by atomic mass is 32.2. The van der Waals surface area contributed by atoms with E-state index < -0.39 is 0 Å². The van der Waals surface area contributed by atoms with Gasteiger partial charge in [-0.25, -0.2) is 9.97 Å². The van der Waals surface area contributed by atoms with Gasteiger partial charge in [-0.05, 0) is 11.4 Å². The largest absolute Gasteiger partial charge is 0.338 e. The molecule has 9 nitrogen and oxygen atoms in total. The maximum atomic E-state index is 5.16. The molecule has 2 N–H and O–H groups in total. The van der Waals surface area contributed by atoms with Gasteiger partial charge < -0.3 is 4.52 Å². The summed E-state index contributed by atoms with van der Waals surface area (Å²) in [6.07, 6.45) is 1.39. The number of rotatable bonds is 5. The summed E-state index contributed by atoms with van der Waals surface area (Å²) in [5.74, 6) is 2.55. The number of aromatic amines is 2. The number of H-pyrrole nitrogens is 2. The Hall–Kier alpha value is -2.53. The predicted molar refractivity (Wildman–Crippen MR) is 78.9 cm³/mol. The second-order valence-electron chi connectivity index (χ2n) is 4.08. The molecule has 4 rings (SSSR count). The van der Waals surface area contributed by atoms with Crippen LogP contribution in [-0.4, -0.2) is 40.5 Å². The maximum absolute atomic E-state index is 5.16. The number of aromatic nitrogens is 8. The first-order valence-corrected chi connectivity index (χ1v) is 8.02. The molecule has 110 valence electrons. The van der Waals surface area contributed by atoms with Crippen LogP contribution in [0, 0.1) is 0 Å². The Morgan fingerprint density at radius 2 is 2.23 bits per heavy atom. The Balaban J connectivity index is 1.43. The number of hydrogen-bond acceptors (Lipinski definition) is 9. The molecule has 0 unspecified atom stereocenters. The van der Waals surface area contributed by atoms with Gasteiger partial charge in [-0.2, -0.15) is 10.1 Å². The van der Waals surface area contributed by atoms with Crippen molar-refractivity contribution in [1.82, 2.24) is 40.5 Å². The molecule has 0 saturated heterocycles. The van der Waals surface area contributed by atoms with Crippen LogP contribution >= 0.6 is 23.1 Å². The quantitative estimate of drug-likeness (QED) is 0.532. The van der Waals surface area contributed by atoms with Gasteiger partial charge in [0, 0.05) is 0 Å². The van der Waals surface area contributed by atoms with Crippen LogP contribution in [0.1, 0.15) is 5.89 Å². The van der Waals surface area contributed by atoms with Gasteiger partial charge in [-0.15, -0.1) is 16.4 Å². The molecule has 0 amide bonds. The van der Waals surface area contributed by atoms with Crippen LogP contribution in [0.25, 0.3) is 22.4 Å². The van der Waals surface area contributed by atoms with Gasteiger partial charge in [0.05, 0.1) is 10.6 Å². The number of nitrogens with zero attached hydrogens (tertiary/aromatic N) is 6. The fraction of sp³-hybridized carbons (Fsp3) is 0.0909. The van der Waals surface area contributed by atoms with E-state index in [1.807, 2.05) is 17.5 Å². The van der Waals surface area contributed by atoms with Gasteiger partial charge in [0.25, 0.3) is 0 Å². The molecule has 0 atom stereocenters. The first-order valence-electron chi connectivity index (χ1n) is 6.16. The predicted octanol–water partition coefficient (Wildman–Crippen LogP) is 1.99. The molecule has 0 spiro atoms. The number of nitrogens with one attached hydrogen (secondary N) is 2. The van der Waals surface area contributed by atoms with Crippen LogP contribution in [0.3, 0.4) is 0 Å². The summed E-state index contributed by atoms with van der Waals surface area (Å²) >= 11 is 3.02. The van der Waals surface area contributed by atoms with Gasteiger partial charge in [0.1, 0.15) is 6.33 Å². The Morgan fingerprint density at radius 1 is 1.23 bits per heavy atom. The smallest absolute Gasteiger partial charge is 0.239 e. The van der Waals surface area contributed by atoms with Crippen molar-refractivity contribution in [2.75, 3.05) is 0 Å². The highest BCUT2D eigenvalue weighted by Gasteiger charge is 2.13. The van der Waals surface area contributed by atoms with E-state index in [1.165, 1.54) is 18.1 Å². The molecule has 22 heavy (non-hydrogen) atoms. The Bertz CT molecular complexity index is 778. The van der Waals surface area contributed by atoms with Crippen molar-refractivity contribution < 1.29 is 4.52 Å². The zero-order valence-electron chi connectivity index (χ0n) is 10.9. The average molecular weight is 332 g/mol. The molecular formula is C11H8N8OS2. The van der Waals surface area contributed by atoms with Gasteiger partial charge >= 0.3 is 0 Å². The minimum atomic E-state index is 0.377. The zero-order valence-corrected chi connectivity index (χ0v) is 12.6. The molecule has 0 aliphatic rings. The molecule has 0 bridgehead atoms. The van der Waals surface area contributed by atoms with Crippen LogP contribution in [0.5, 0.6) is 0 Å². The Kier molecular flexibility index (Phi) is 3.40. The van der Waals surface area contributed by atoms with Crippen molar-refractivity contribution in [2.24, 2.45) is 0 Å². The number of thiophene rings is 1. The van der Waals surface area contributed by atoms with Gasteiger partial charge in [0.15, 0.2) is 11.6 Å². The van der Waals surface area contributed by atoms with Crippen LogP contribution in [0.4, 0.5) is 0 Å². The van der Waals surface area contributed by atoms with Crippen molar-refractivity contribution in [1.29, 1.82) is 0 Å². The van der Waals surface area contributed by atoms with Gasteiger partial charge in [0.2, 0.25) is 16.9 Å².